The number of aliphatic carboxylic acids is 1. The number of hydrogen-bond acceptors (Lipinski definition) is 3. The van der Waals surface area contributed by atoms with Gasteiger partial charge in [0.05, 0.1) is 5.92 Å². The topological polar surface area (TPSA) is 86.7 Å². The summed E-state index contributed by atoms with van der Waals surface area (Å²) in [6.07, 6.45) is 1.47. The predicted molar refractivity (Wildman–Crippen MR) is 89.6 cm³/mol. The van der Waals surface area contributed by atoms with Crippen LogP contribution in [-0.4, -0.2) is 47.4 Å². The molecule has 1 saturated heterocycles. The van der Waals surface area contributed by atoms with Gasteiger partial charge in [-0.05, 0) is 44.2 Å². The molecule has 1 aromatic rings. The summed E-state index contributed by atoms with van der Waals surface area (Å²) in [5.74, 6) is -2.43. The smallest absolute Gasteiger partial charge is 0.311 e. The zero-order valence-electron chi connectivity index (χ0n) is 14.2. The zero-order valence-corrected chi connectivity index (χ0v) is 14.2. The van der Waals surface area contributed by atoms with Crippen molar-refractivity contribution in [2.24, 2.45) is 5.92 Å². The van der Waals surface area contributed by atoms with E-state index in [0.717, 1.165) is 11.1 Å². The van der Waals surface area contributed by atoms with Gasteiger partial charge in [-0.2, -0.15) is 0 Å². The summed E-state index contributed by atoms with van der Waals surface area (Å²) in [6.45, 7) is 5.08. The van der Waals surface area contributed by atoms with Gasteiger partial charge in [0.2, 0.25) is 0 Å². The van der Waals surface area contributed by atoms with Crippen molar-refractivity contribution >= 4 is 17.8 Å². The summed E-state index contributed by atoms with van der Waals surface area (Å²) < 4.78 is 0. The van der Waals surface area contributed by atoms with Crippen molar-refractivity contribution in [2.45, 2.75) is 33.1 Å². The molecule has 1 fully saturated rings. The highest BCUT2D eigenvalue weighted by atomic mass is 16.4. The van der Waals surface area contributed by atoms with E-state index in [9.17, 15) is 14.4 Å². The molecule has 0 bridgehead atoms. The highest BCUT2D eigenvalue weighted by Gasteiger charge is 2.29. The van der Waals surface area contributed by atoms with Gasteiger partial charge in [0, 0.05) is 19.6 Å². The summed E-state index contributed by atoms with van der Waals surface area (Å²) in [4.78, 5) is 36.4. The van der Waals surface area contributed by atoms with Crippen LogP contribution < -0.4 is 5.32 Å². The number of benzene rings is 1. The van der Waals surface area contributed by atoms with Gasteiger partial charge in [-0.15, -0.1) is 0 Å². The Kier molecular flexibility index (Phi) is 5.95. The second-order valence-corrected chi connectivity index (χ2v) is 6.34. The van der Waals surface area contributed by atoms with Gasteiger partial charge in [-0.1, -0.05) is 23.8 Å². The predicted octanol–water partition coefficient (Wildman–Crippen LogP) is 1.29. The van der Waals surface area contributed by atoms with E-state index in [4.69, 9.17) is 5.11 Å². The van der Waals surface area contributed by atoms with Gasteiger partial charge in [-0.25, -0.2) is 0 Å². The van der Waals surface area contributed by atoms with Crippen molar-refractivity contribution < 1.29 is 19.5 Å². The minimum absolute atomic E-state index is 0.320. The number of carboxylic acids is 1. The Morgan fingerprint density at radius 2 is 1.88 bits per heavy atom. The lowest BCUT2D eigenvalue weighted by Gasteiger charge is -2.29. The van der Waals surface area contributed by atoms with Crippen molar-refractivity contribution in [3.63, 3.8) is 0 Å². The monoisotopic (exact) mass is 332 g/mol. The van der Waals surface area contributed by atoms with Crippen molar-refractivity contribution in [1.29, 1.82) is 0 Å². The molecule has 0 aliphatic carbocycles. The molecule has 2 N–H and O–H groups in total. The number of nitrogens with one attached hydrogen (secondary N) is 1. The molecule has 2 amide bonds. The van der Waals surface area contributed by atoms with Gasteiger partial charge < -0.3 is 15.3 Å². The minimum Gasteiger partial charge on any atom is -0.481 e. The third-order valence-corrected chi connectivity index (χ3v) is 4.51. The fraction of sp³-hybridized carbons (Fsp3) is 0.500. The largest absolute Gasteiger partial charge is 0.481 e. The van der Waals surface area contributed by atoms with Crippen molar-refractivity contribution in [2.75, 3.05) is 19.6 Å². The highest BCUT2D eigenvalue weighted by Crippen LogP contribution is 2.17. The first-order chi connectivity index (χ1) is 11.4. The summed E-state index contributed by atoms with van der Waals surface area (Å²) in [7, 11) is 0. The molecule has 0 aromatic heterocycles. The number of likely N-dealkylation sites (tertiary alicyclic amines) is 1. The van der Waals surface area contributed by atoms with Gasteiger partial charge in [0.25, 0.3) is 0 Å². The van der Waals surface area contributed by atoms with Crippen LogP contribution in [0, 0.1) is 19.8 Å². The van der Waals surface area contributed by atoms with Crippen molar-refractivity contribution in [3.8, 4) is 0 Å². The quantitative estimate of drug-likeness (QED) is 0.813. The van der Waals surface area contributed by atoms with E-state index < -0.39 is 23.7 Å². The lowest BCUT2D eigenvalue weighted by atomic mass is 9.97. The fourth-order valence-electron chi connectivity index (χ4n) is 2.93. The molecular formula is C18H24N2O4. The maximum atomic E-state index is 12.1. The number of piperidine rings is 1. The van der Waals surface area contributed by atoms with E-state index in [1.54, 1.807) is 0 Å². The van der Waals surface area contributed by atoms with Crippen LogP contribution in [0.1, 0.15) is 29.5 Å². The SMILES string of the molecule is Cc1ccc(C)c(CCNC(=O)C(=O)N2CCC(C(=O)O)CC2)c1. The number of amides is 2. The van der Waals surface area contributed by atoms with E-state index >= 15 is 0 Å². The van der Waals surface area contributed by atoms with Crippen LogP contribution in [-0.2, 0) is 20.8 Å². The average Bonchev–Trinajstić information content (AvgIpc) is 2.57. The first-order valence-electron chi connectivity index (χ1n) is 8.24. The summed E-state index contributed by atoms with van der Waals surface area (Å²) in [5.41, 5.74) is 3.49. The molecular weight excluding hydrogens is 308 g/mol. The molecule has 1 heterocycles. The van der Waals surface area contributed by atoms with E-state index in [2.05, 4.69) is 11.4 Å². The minimum atomic E-state index is -0.833. The summed E-state index contributed by atoms with van der Waals surface area (Å²) in [5, 5.41) is 11.6. The Bertz CT molecular complexity index is 634. The Labute approximate surface area is 141 Å². The average molecular weight is 332 g/mol. The zero-order chi connectivity index (χ0) is 17.7. The standard InChI is InChI=1S/C18H24N2O4/c1-12-3-4-13(2)15(11-12)5-8-19-16(21)17(22)20-9-6-14(7-10-20)18(23)24/h3-4,11,14H,5-10H2,1-2H3,(H,19,21)(H,23,24). The van der Waals surface area contributed by atoms with Crippen LogP contribution in [0.5, 0.6) is 0 Å². The summed E-state index contributed by atoms with van der Waals surface area (Å²) >= 11 is 0. The molecule has 1 aliphatic heterocycles. The lowest BCUT2D eigenvalue weighted by molar-refractivity contribution is -0.149. The van der Waals surface area contributed by atoms with Crippen LogP contribution in [0.2, 0.25) is 0 Å². The van der Waals surface area contributed by atoms with E-state index in [-0.39, 0.29) is 0 Å². The highest BCUT2D eigenvalue weighted by molar-refractivity contribution is 6.35. The first kappa shape index (κ1) is 18.0. The van der Waals surface area contributed by atoms with Crippen molar-refractivity contribution in [3.05, 3.63) is 34.9 Å². The van der Waals surface area contributed by atoms with Gasteiger partial charge >= 0.3 is 17.8 Å². The van der Waals surface area contributed by atoms with Crippen LogP contribution in [0.15, 0.2) is 18.2 Å². The molecule has 6 nitrogen and oxygen atoms in total. The Morgan fingerprint density at radius 1 is 1.21 bits per heavy atom. The molecule has 24 heavy (non-hydrogen) atoms. The number of carbonyl (C=O) groups excluding carboxylic acids is 2. The molecule has 6 heteroatoms. The number of carboxylic acid groups (broad SMARTS) is 1. The molecule has 0 atom stereocenters. The van der Waals surface area contributed by atoms with E-state index in [1.807, 2.05) is 26.0 Å². The van der Waals surface area contributed by atoms with Crippen LogP contribution in [0.25, 0.3) is 0 Å². The third-order valence-electron chi connectivity index (χ3n) is 4.51. The van der Waals surface area contributed by atoms with Gasteiger partial charge in [-0.3, -0.25) is 14.4 Å². The van der Waals surface area contributed by atoms with Crippen LogP contribution >= 0.6 is 0 Å². The molecule has 1 aromatic carbocycles. The summed E-state index contributed by atoms with van der Waals surface area (Å²) in [6, 6.07) is 6.17. The number of carbonyl (C=O) groups is 3. The van der Waals surface area contributed by atoms with Gasteiger partial charge in [0.1, 0.15) is 0 Å². The number of nitrogens with zero attached hydrogens (tertiary/aromatic N) is 1. The maximum Gasteiger partial charge on any atom is 0.311 e. The molecule has 0 radical (unpaired) electrons. The molecule has 0 saturated carbocycles. The molecule has 2 rings (SSSR count). The molecule has 0 unspecified atom stereocenters. The molecule has 1 aliphatic rings. The Balaban J connectivity index is 1.79. The fourth-order valence-corrected chi connectivity index (χ4v) is 2.93. The Morgan fingerprint density at radius 3 is 2.50 bits per heavy atom. The van der Waals surface area contributed by atoms with Crippen LogP contribution in [0.4, 0.5) is 0 Å². The van der Waals surface area contributed by atoms with E-state index in [1.165, 1.54) is 10.5 Å². The third kappa shape index (κ3) is 4.57. The normalized spacial score (nSPS) is 15.2. The molecule has 130 valence electrons. The molecule has 0 spiro atoms. The second-order valence-electron chi connectivity index (χ2n) is 6.34. The second kappa shape index (κ2) is 7.95. The number of rotatable bonds is 4. The lowest BCUT2D eigenvalue weighted by Crippen LogP contribution is -2.47. The maximum absolute atomic E-state index is 12.1. The van der Waals surface area contributed by atoms with Gasteiger partial charge in [0.15, 0.2) is 0 Å². The van der Waals surface area contributed by atoms with Crippen molar-refractivity contribution in [1.82, 2.24) is 10.2 Å². The van der Waals surface area contributed by atoms with E-state index in [0.29, 0.717) is 38.9 Å². The number of hydrogen-bond donors (Lipinski definition) is 2. The Hall–Kier alpha value is -2.37. The van der Waals surface area contributed by atoms with Crippen LogP contribution in [0.3, 0.4) is 0 Å². The first-order valence-corrected chi connectivity index (χ1v) is 8.24. The number of aryl methyl sites for hydroxylation is 2.